The van der Waals surface area contributed by atoms with Crippen molar-refractivity contribution < 1.29 is 14.2 Å². The van der Waals surface area contributed by atoms with Gasteiger partial charge >= 0.3 is 0 Å². The van der Waals surface area contributed by atoms with Crippen LogP contribution in [0.15, 0.2) is 91.0 Å². The molecule has 1 aliphatic heterocycles. The lowest BCUT2D eigenvalue weighted by atomic mass is 9.95. The van der Waals surface area contributed by atoms with Gasteiger partial charge in [0, 0.05) is 0 Å². The highest BCUT2D eigenvalue weighted by Crippen LogP contribution is 2.69. The minimum Gasteiger partial charge on any atom is -0.383 e. The van der Waals surface area contributed by atoms with Gasteiger partial charge in [-0.3, -0.25) is 9.88 Å². The summed E-state index contributed by atoms with van der Waals surface area (Å²) in [6.45, 7) is 1.83. The molecule has 3 aromatic carbocycles. The summed E-state index contributed by atoms with van der Waals surface area (Å²) in [6, 6.07) is 29.3. The van der Waals surface area contributed by atoms with E-state index in [1.165, 1.54) is 0 Å². The first-order valence-corrected chi connectivity index (χ1v) is 11.8. The molecule has 5 heteroatoms. The number of aliphatic hydroxyl groups is 1. The van der Waals surface area contributed by atoms with Gasteiger partial charge < -0.3 is 9.63 Å². The number of rotatable bonds is 5. The van der Waals surface area contributed by atoms with Crippen LogP contribution in [0.2, 0.25) is 0 Å². The fourth-order valence-electron chi connectivity index (χ4n) is 3.92. The van der Waals surface area contributed by atoms with Crippen LogP contribution >= 0.6 is 7.37 Å². The van der Waals surface area contributed by atoms with E-state index in [9.17, 15) is 9.67 Å². The van der Waals surface area contributed by atoms with E-state index in [2.05, 4.69) is 5.32 Å². The third-order valence-corrected chi connectivity index (χ3v) is 8.38. The van der Waals surface area contributed by atoms with Gasteiger partial charge in [0.25, 0.3) is 7.37 Å². The maximum Gasteiger partial charge on any atom is 0.252 e. The van der Waals surface area contributed by atoms with Crippen molar-refractivity contribution in [3.05, 3.63) is 108 Å². The van der Waals surface area contributed by atoms with E-state index in [1.807, 2.05) is 97.9 Å². The number of hydrogen-bond donors (Lipinski definition) is 2. The maximum atomic E-state index is 14.1. The summed E-state index contributed by atoms with van der Waals surface area (Å²) < 4.78 is 20.5. The molecule has 1 saturated heterocycles. The van der Waals surface area contributed by atoms with Crippen molar-refractivity contribution in [2.75, 3.05) is 0 Å². The van der Waals surface area contributed by atoms with E-state index in [1.54, 1.807) is 0 Å². The average molecular weight is 407 g/mol. The van der Waals surface area contributed by atoms with Gasteiger partial charge in [-0.25, -0.2) is 0 Å². The van der Waals surface area contributed by atoms with Gasteiger partial charge in [0.1, 0.15) is 17.7 Å². The Hall–Kier alpha value is -2.23. The predicted octanol–water partition coefficient (Wildman–Crippen LogP) is 5.79. The number of nitrogens with one attached hydrogen (secondary N) is 1. The Morgan fingerprint density at radius 3 is 1.86 bits per heavy atom. The second-order valence-electron chi connectivity index (χ2n) is 7.34. The van der Waals surface area contributed by atoms with Crippen LogP contribution in [0, 0.1) is 0 Å². The lowest BCUT2D eigenvalue weighted by Gasteiger charge is -2.44. The zero-order valence-electron chi connectivity index (χ0n) is 16.4. The van der Waals surface area contributed by atoms with Crippen molar-refractivity contribution in [3.63, 3.8) is 0 Å². The first-order chi connectivity index (χ1) is 14.1. The molecule has 4 rings (SSSR count). The van der Waals surface area contributed by atoms with Crippen molar-refractivity contribution >= 4 is 7.37 Å². The predicted molar refractivity (Wildman–Crippen MR) is 116 cm³/mol. The normalized spacial score (nSPS) is 28.0. The van der Waals surface area contributed by atoms with Gasteiger partial charge in [0.15, 0.2) is 0 Å². The molecule has 2 N–H and O–H groups in total. The second kappa shape index (κ2) is 8.64. The van der Waals surface area contributed by atoms with Crippen LogP contribution < -0.4 is 5.32 Å². The Bertz CT molecular complexity index is 965. The molecule has 1 heterocycles. The Morgan fingerprint density at radius 2 is 1.34 bits per heavy atom. The standard InChI is InChI=1S/C24H26NO3P/c1-2-21(26)29(27)24(20-16-10-5-11-17-20)25-22(18-12-6-3-7-13-18)23(28-29)19-14-8-4-9-15-19/h3-17,21-26H,2H2,1H3/t21?,22-,23+,24-,29+/m0/s1. The number of hydrogen-bond acceptors (Lipinski definition) is 4. The van der Waals surface area contributed by atoms with E-state index in [4.69, 9.17) is 4.52 Å². The fourth-order valence-corrected chi connectivity index (χ4v) is 6.59. The van der Waals surface area contributed by atoms with Crippen LogP contribution in [0.25, 0.3) is 0 Å². The van der Waals surface area contributed by atoms with Crippen LogP contribution in [-0.2, 0) is 9.09 Å². The molecule has 3 aromatic rings. The van der Waals surface area contributed by atoms with E-state index < -0.39 is 25.1 Å². The summed E-state index contributed by atoms with van der Waals surface area (Å²) in [5.74, 6) is -1.62. The molecule has 0 aliphatic carbocycles. The minimum atomic E-state index is -3.47. The van der Waals surface area contributed by atoms with Crippen LogP contribution in [0.3, 0.4) is 0 Å². The summed E-state index contributed by atoms with van der Waals surface area (Å²) in [7, 11) is -3.47. The lowest BCUT2D eigenvalue weighted by molar-refractivity contribution is 0.0976. The van der Waals surface area contributed by atoms with E-state index in [-0.39, 0.29) is 6.04 Å². The largest absolute Gasteiger partial charge is 0.383 e. The topological polar surface area (TPSA) is 58.6 Å². The molecule has 1 unspecified atom stereocenters. The first kappa shape index (κ1) is 20.1. The van der Waals surface area contributed by atoms with Crippen LogP contribution in [0.1, 0.15) is 48.0 Å². The van der Waals surface area contributed by atoms with Gasteiger partial charge in [-0.1, -0.05) is 97.9 Å². The molecule has 0 bridgehead atoms. The van der Waals surface area contributed by atoms with Gasteiger partial charge in [0.05, 0.1) is 6.04 Å². The van der Waals surface area contributed by atoms with Crippen LogP contribution in [0.4, 0.5) is 0 Å². The molecular weight excluding hydrogens is 381 g/mol. The third kappa shape index (κ3) is 3.94. The molecule has 150 valence electrons. The first-order valence-electron chi connectivity index (χ1n) is 10.00. The zero-order chi connectivity index (χ0) is 20.3. The quantitative estimate of drug-likeness (QED) is 0.525. The summed E-state index contributed by atoms with van der Waals surface area (Å²) in [5.41, 5.74) is 2.85. The van der Waals surface area contributed by atoms with E-state index in [0.717, 1.165) is 16.7 Å². The van der Waals surface area contributed by atoms with Crippen molar-refractivity contribution in [2.45, 2.75) is 37.1 Å². The van der Waals surface area contributed by atoms with E-state index in [0.29, 0.717) is 6.42 Å². The molecular formula is C24H26NO3P. The molecule has 1 fully saturated rings. The van der Waals surface area contributed by atoms with E-state index >= 15 is 0 Å². The second-order valence-corrected chi connectivity index (χ2v) is 9.95. The summed E-state index contributed by atoms with van der Waals surface area (Å²) in [5, 5.41) is 14.4. The minimum absolute atomic E-state index is 0.199. The Balaban J connectivity index is 1.83. The smallest absolute Gasteiger partial charge is 0.252 e. The molecule has 0 spiro atoms. The lowest BCUT2D eigenvalue weighted by Crippen LogP contribution is -2.39. The molecule has 5 atom stereocenters. The highest BCUT2D eigenvalue weighted by molar-refractivity contribution is 7.59. The summed E-state index contributed by atoms with van der Waals surface area (Å²) in [4.78, 5) is 0. The highest BCUT2D eigenvalue weighted by Gasteiger charge is 2.50. The summed E-state index contributed by atoms with van der Waals surface area (Å²) >= 11 is 0. The van der Waals surface area contributed by atoms with Gasteiger partial charge in [-0.05, 0) is 23.1 Å². The van der Waals surface area contributed by atoms with Crippen molar-refractivity contribution in [1.82, 2.24) is 5.32 Å². The Kier molecular flexibility index (Phi) is 5.98. The van der Waals surface area contributed by atoms with Gasteiger partial charge in [-0.15, -0.1) is 0 Å². The maximum absolute atomic E-state index is 14.1. The molecule has 0 radical (unpaired) electrons. The van der Waals surface area contributed by atoms with Gasteiger partial charge in [-0.2, -0.15) is 0 Å². The van der Waals surface area contributed by atoms with Gasteiger partial charge in [0.2, 0.25) is 0 Å². The molecule has 1 aliphatic rings. The molecule has 4 nitrogen and oxygen atoms in total. The molecule has 0 aromatic heterocycles. The molecule has 0 amide bonds. The van der Waals surface area contributed by atoms with Crippen molar-refractivity contribution in [2.24, 2.45) is 0 Å². The SMILES string of the molecule is CCC(O)[P@@]1(=O)O[C@H](c2ccccc2)[C@H](c2ccccc2)N[C@@H]1c1ccccc1. The average Bonchev–Trinajstić information content (AvgIpc) is 2.80. The van der Waals surface area contributed by atoms with Crippen LogP contribution in [-0.4, -0.2) is 11.0 Å². The zero-order valence-corrected chi connectivity index (χ0v) is 17.3. The monoisotopic (exact) mass is 407 g/mol. The Morgan fingerprint density at radius 1 is 0.862 bits per heavy atom. The fraction of sp³-hybridized carbons (Fsp3) is 0.250. The molecule has 0 saturated carbocycles. The third-order valence-electron chi connectivity index (χ3n) is 5.46. The van der Waals surface area contributed by atoms with Crippen molar-refractivity contribution in [1.29, 1.82) is 0 Å². The molecule has 29 heavy (non-hydrogen) atoms. The van der Waals surface area contributed by atoms with Crippen LogP contribution in [0.5, 0.6) is 0 Å². The Labute approximate surface area is 172 Å². The summed E-state index contributed by atoms with van der Waals surface area (Å²) in [6.07, 6.45) is -0.106. The number of benzene rings is 3. The van der Waals surface area contributed by atoms with Crippen molar-refractivity contribution in [3.8, 4) is 0 Å². The number of aliphatic hydroxyl groups excluding tert-OH is 1. The highest BCUT2D eigenvalue weighted by atomic mass is 31.2.